The average Bonchev–Trinajstić information content (AvgIpc) is 3.93. The summed E-state index contributed by atoms with van der Waals surface area (Å²) in [5.74, 6) is -2.12. The monoisotopic (exact) mass is 952 g/mol. The molecule has 10 rings (SSSR count). The van der Waals surface area contributed by atoms with Gasteiger partial charge in [-0.15, -0.1) is 0 Å². The highest BCUT2D eigenvalue weighted by Gasteiger charge is 2.57. The van der Waals surface area contributed by atoms with Crippen molar-refractivity contribution < 1.29 is 53.4 Å². The van der Waals surface area contributed by atoms with Crippen LogP contribution < -0.4 is 10.4 Å². The lowest BCUT2D eigenvalue weighted by atomic mass is 9.72. The molecule has 0 amide bonds. The molecule has 70 heavy (non-hydrogen) atoms. The first-order valence-electron chi connectivity index (χ1n) is 24.8. The lowest BCUT2D eigenvalue weighted by Gasteiger charge is -2.48. The van der Waals surface area contributed by atoms with E-state index in [0.717, 1.165) is 48.8 Å². The molecule has 4 aromatic carbocycles. The maximum atomic E-state index is 15.2. The second-order valence-corrected chi connectivity index (χ2v) is 19.8. The Morgan fingerprint density at radius 2 is 1.61 bits per heavy atom. The minimum absolute atomic E-state index is 0.00128. The van der Waals surface area contributed by atoms with Crippen molar-refractivity contribution in [1.82, 2.24) is 0 Å². The van der Waals surface area contributed by atoms with E-state index in [2.05, 4.69) is 72.8 Å². The van der Waals surface area contributed by atoms with Crippen LogP contribution in [0.25, 0.3) is 11.0 Å². The molecule has 1 fully saturated rings. The van der Waals surface area contributed by atoms with Gasteiger partial charge in [0.2, 0.25) is 0 Å². The van der Waals surface area contributed by atoms with Crippen molar-refractivity contribution in [3.8, 4) is 5.75 Å². The number of carbonyl (C=O) groups excluding carboxylic acids is 2. The number of aryl methyl sites for hydroxylation is 1. The van der Waals surface area contributed by atoms with Gasteiger partial charge in [0.15, 0.2) is 12.2 Å². The van der Waals surface area contributed by atoms with Crippen LogP contribution >= 0.6 is 0 Å². The summed E-state index contributed by atoms with van der Waals surface area (Å²) in [6.07, 6.45) is 7.57. The summed E-state index contributed by atoms with van der Waals surface area (Å²) < 4.78 is 32.1. The lowest BCUT2D eigenvalue weighted by Crippen LogP contribution is -2.58. The molecule has 1 aromatic heterocycles. The Hall–Kier alpha value is -5.89. The Balaban J connectivity index is 1.18. The van der Waals surface area contributed by atoms with Gasteiger partial charge in [-0.3, -0.25) is 4.79 Å². The highest BCUT2D eigenvalue weighted by atomic mass is 16.6. The van der Waals surface area contributed by atoms with E-state index in [-0.39, 0.29) is 90.8 Å². The van der Waals surface area contributed by atoms with E-state index in [4.69, 9.17) is 23.4 Å². The Morgan fingerprint density at radius 3 is 2.34 bits per heavy atom. The molecule has 3 aliphatic heterocycles. The number of carbonyl (C=O) groups is 2. The third-order valence-corrected chi connectivity index (χ3v) is 15.5. The number of esters is 2. The Kier molecular flexibility index (Phi) is 15.2. The van der Waals surface area contributed by atoms with Crippen LogP contribution in [0, 0.1) is 11.8 Å². The van der Waals surface area contributed by atoms with E-state index in [1.807, 2.05) is 25.1 Å². The summed E-state index contributed by atoms with van der Waals surface area (Å²) in [6.45, 7) is 1.58. The Morgan fingerprint density at radius 1 is 0.843 bits per heavy atom. The molecule has 1 saturated carbocycles. The molecule has 0 radical (unpaired) electrons. The van der Waals surface area contributed by atoms with Crippen molar-refractivity contribution in [3.05, 3.63) is 169 Å². The third kappa shape index (κ3) is 10.0. The molecule has 2 aliphatic carbocycles. The number of allylic oxidation sites excluding steroid dienone is 2. The second-order valence-electron chi connectivity index (χ2n) is 19.8. The van der Waals surface area contributed by atoms with E-state index in [1.165, 1.54) is 11.1 Å². The molecule has 7 unspecified atom stereocenters. The van der Waals surface area contributed by atoms with Crippen LogP contribution in [0.5, 0.6) is 5.75 Å². The number of aliphatic hydroxyl groups excluding tert-OH is 4. The van der Waals surface area contributed by atoms with Crippen molar-refractivity contribution in [3.63, 3.8) is 0 Å². The average molecular weight is 953 g/mol. The van der Waals surface area contributed by atoms with Gasteiger partial charge in [0.1, 0.15) is 23.7 Å². The van der Waals surface area contributed by atoms with Crippen LogP contribution in [0.3, 0.4) is 0 Å². The highest BCUT2D eigenvalue weighted by molar-refractivity contribution is 5.90. The largest absolute Gasteiger partial charge is 0.483 e. The van der Waals surface area contributed by atoms with Crippen molar-refractivity contribution in [1.29, 1.82) is 0 Å². The van der Waals surface area contributed by atoms with Crippen molar-refractivity contribution in [2.24, 2.45) is 11.8 Å². The van der Waals surface area contributed by atoms with E-state index < -0.39 is 54.7 Å². The topological polar surface area (TPSA) is 182 Å². The van der Waals surface area contributed by atoms with E-state index in [0.29, 0.717) is 29.4 Å². The van der Waals surface area contributed by atoms with Crippen molar-refractivity contribution in [2.75, 3.05) is 26.6 Å². The van der Waals surface area contributed by atoms with E-state index in [1.54, 1.807) is 19.1 Å². The number of hydrogen-bond acceptors (Lipinski definition) is 12. The molecule has 2 bridgehead atoms. The minimum atomic E-state index is -1.34. The van der Waals surface area contributed by atoms with Crippen LogP contribution in [-0.4, -0.2) is 70.7 Å². The zero-order valence-electron chi connectivity index (χ0n) is 40.0. The van der Waals surface area contributed by atoms with Gasteiger partial charge < -0.3 is 43.8 Å². The lowest BCUT2D eigenvalue weighted by molar-refractivity contribution is -0.199. The fourth-order valence-electron chi connectivity index (χ4n) is 11.7. The number of ether oxygens (including phenoxy) is 4. The first kappa shape index (κ1) is 49.1. The minimum Gasteiger partial charge on any atom is -0.483 e. The number of fused-ring (bicyclic) bond motifs is 11. The normalized spacial score (nSPS) is 25.1. The number of benzene rings is 4. The highest BCUT2D eigenvalue weighted by Crippen LogP contribution is 2.53. The number of rotatable bonds is 12. The summed E-state index contributed by atoms with van der Waals surface area (Å²) >= 11 is 0. The standard InChI is InChI=1S/C58H64O12/c1-35(31-60)45-21-17-36-15-18-39(19-16-36)46-22-20-41(40-12-8-11-38(28-40)27-37-9-4-3-5-10-37)29-43(46)30-50(63)67-54-52-49(70-58(2,44-13-6-7-14-44)55(54)69-56(45)64)24-23-47-48(32-61)51(57(65)68-53(47)52)42(25-26-59)33-66-34-62/h3-5,8-12,15-16,18-20,22-24,28,41-44,46,54-55,59-62H,6-7,13-14,17,21,25-27,29-34H2,1-2H3. The van der Waals surface area contributed by atoms with Crippen LogP contribution in [-0.2, 0) is 43.2 Å². The van der Waals surface area contributed by atoms with Crippen molar-refractivity contribution >= 4 is 22.9 Å². The zero-order valence-corrected chi connectivity index (χ0v) is 40.0. The fourth-order valence-corrected chi connectivity index (χ4v) is 11.7. The van der Waals surface area contributed by atoms with Gasteiger partial charge in [-0.25, -0.2) is 9.59 Å². The molecular weight excluding hydrogens is 889 g/mol. The molecule has 12 heteroatoms. The zero-order chi connectivity index (χ0) is 48.9. The summed E-state index contributed by atoms with van der Waals surface area (Å²) in [7, 11) is 0. The molecule has 0 saturated heterocycles. The molecule has 4 N–H and O–H groups in total. The predicted octanol–water partition coefficient (Wildman–Crippen LogP) is 8.93. The fraction of sp³-hybridized carbons (Fsp3) is 0.431. The molecule has 4 heterocycles. The Labute approximate surface area is 408 Å². The van der Waals surface area contributed by atoms with Crippen LogP contribution in [0.15, 0.2) is 124 Å². The molecular formula is C58H64O12. The molecule has 5 aliphatic rings. The van der Waals surface area contributed by atoms with E-state index in [9.17, 15) is 30.0 Å². The molecule has 5 aromatic rings. The van der Waals surface area contributed by atoms with Gasteiger partial charge in [-0.1, -0.05) is 104 Å². The number of aliphatic hydroxyl groups is 4. The molecule has 7 atom stereocenters. The first-order valence-corrected chi connectivity index (χ1v) is 24.8. The van der Waals surface area contributed by atoms with Crippen LogP contribution in [0.1, 0.15) is 134 Å². The van der Waals surface area contributed by atoms with Crippen molar-refractivity contribution in [2.45, 2.75) is 120 Å². The first-order chi connectivity index (χ1) is 34.0. The van der Waals surface area contributed by atoms with Crippen LogP contribution in [0.4, 0.5) is 0 Å². The summed E-state index contributed by atoms with van der Waals surface area (Å²) in [5.41, 5.74) is 4.83. The predicted molar refractivity (Wildman–Crippen MR) is 263 cm³/mol. The van der Waals surface area contributed by atoms with Gasteiger partial charge in [0.25, 0.3) is 0 Å². The van der Waals surface area contributed by atoms with Gasteiger partial charge in [0, 0.05) is 53.2 Å². The molecule has 0 spiro atoms. The second kappa shape index (κ2) is 21.6. The third-order valence-electron chi connectivity index (χ3n) is 15.5. The maximum Gasteiger partial charge on any atom is 0.340 e. The summed E-state index contributed by atoms with van der Waals surface area (Å²) in [6, 6.07) is 30.7. The number of hydrogen-bond donors (Lipinski definition) is 4. The summed E-state index contributed by atoms with van der Waals surface area (Å²) in [5, 5.41) is 41.3. The van der Waals surface area contributed by atoms with Crippen LogP contribution in [0.2, 0.25) is 0 Å². The molecule has 368 valence electrons. The quantitative estimate of drug-likeness (QED) is 0.0307. The SMILES string of the molecule is CC(CO)=C1CCc2ccc(cc2)C2C=CC(c3cccc(Cc4ccccc4)c3)CC2CC(=O)OC2c3c(ccc4c(CO)c(C(CCO)COCO)c(=O)oc34)OC(C)(C3CCCC3)C2OC1=O. The smallest absolute Gasteiger partial charge is 0.340 e. The van der Waals surface area contributed by atoms with Gasteiger partial charge in [-0.2, -0.15) is 0 Å². The Bertz CT molecular complexity index is 2790. The summed E-state index contributed by atoms with van der Waals surface area (Å²) in [4.78, 5) is 44.3. The maximum absolute atomic E-state index is 15.2. The van der Waals surface area contributed by atoms with E-state index >= 15 is 4.79 Å². The van der Waals surface area contributed by atoms with Gasteiger partial charge in [0.05, 0.1) is 25.4 Å². The van der Waals surface area contributed by atoms with Gasteiger partial charge in [-0.05, 0) is 116 Å². The van der Waals surface area contributed by atoms with Gasteiger partial charge >= 0.3 is 17.6 Å². The molecule has 12 nitrogen and oxygen atoms in total.